The predicted molar refractivity (Wildman–Crippen MR) is 115 cm³/mol. The average Bonchev–Trinajstić information content (AvgIpc) is 3.27. The standard InChI is InChI=1S/C22H25N3O5S/c1-3-29-18-10-8-15(9-11-18)22-24-21(30-25-22)14-23-31(26,27)20-13-17-7-5-4-6-16(17)12-19(20)28-2/h8-13,23H,3-7,14H2,1-2H3. The molecule has 0 aliphatic heterocycles. The molecule has 1 aromatic heterocycles. The summed E-state index contributed by atoms with van der Waals surface area (Å²) >= 11 is 0. The summed E-state index contributed by atoms with van der Waals surface area (Å²) in [5.74, 6) is 1.64. The molecule has 0 bridgehead atoms. The second-order valence-electron chi connectivity index (χ2n) is 7.27. The maximum atomic E-state index is 13.0. The third-order valence-electron chi connectivity index (χ3n) is 5.22. The molecule has 3 aromatic rings. The van der Waals surface area contributed by atoms with E-state index in [4.69, 9.17) is 14.0 Å². The van der Waals surface area contributed by atoms with Crippen LogP contribution in [0.25, 0.3) is 11.4 Å². The van der Waals surface area contributed by atoms with E-state index in [1.807, 2.05) is 37.3 Å². The zero-order valence-electron chi connectivity index (χ0n) is 17.6. The van der Waals surface area contributed by atoms with Crippen molar-refractivity contribution in [3.8, 4) is 22.9 Å². The largest absolute Gasteiger partial charge is 0.495 e. The van der Waals surface area contributed by atoms with Crippen LogP contribution in [0.5, 0.6) is 11.5 Å². The van der Waals surface area contributed by atoms with Gasteiger partial charge >= 0.3 is 0 Å². The summed E-state index contributed by atoms with van der Waals surface area (Å²) in [6, 6.07) is 10.8. The van der Waals surface area contributed by atoms with E-state index in [1.165, 1.54) is 7.11 Å². The Balaban J connectivity index is 1.49. The molecule has 1 heterocycles. The van der Waals surface area contributed by atoms with Crippen molar-refractivity contribution in [1.82, 2.24) is 14.9 Å². The van der Waals surface area contributed by atoms with Gasteiger partial charge in [-0.1, -0.05) is 5.16 Å². The number of aromatic nitrogens is 2. The Morgan fingerprint density at radius 1 is 1.10 bits per heavy atom. The lowest BCUT2D eigenvalue weighted by molar-refractivity contribution is 0.340. The fourth-order valence-electron chi connectivity index (χ4n) is 3.66. The van der Waals surface area contributed by atoms with Gasteiger partial charge in [0.05, 0.1) is 20.3 Å². The van der Waals surface area contributed by atoms with Gasteiger partial charge in [-0.05, 0) is 80.1 Å². The van der Waals surface area contributed by atoms with Crippen LogP contribution >= 0.6 is 0 Å². The molecule has 1 aliphatic rings. The van der Waals surface area contributed by atoms with Crippen LogP contribution in [0.15, 0.2) is 45.8 Å². The smallest absolute Gasteiger partial charge is 0.244 e. The number of rotatable bonds is 8. The van der Waals surface area contributed by atoms with E-state index in [0.29, 0.717) is 18.2 Å². The Kier molecular flexibility index (Phi) is 6.24. The fourth-order valence-corrected chi connectivity index (χ4v) is 4.83. The van der Waals surface area contributed by atoms with Crippen LogP contribution in [-0.2, 0) is 29.4 Å². The number of methoxy groups -OCH3 is 1. The molecule has 1 N–H and O–H groups in total. The van der Waals surface area contributed by atoms with Crippen molar-refractivity contribution < 1.29 is 22.4 Å². The summed E-state index contributed by atoms with van der Waals surface area (Å²) in [5, 5.41) is 3.94. The molecule has 2 aromatic carbocycles. The Hall–Kier alpha value is -2.91. The second kappa shape index (κ2) is 9.07. The minimum atomic E-state index is -3.82. The van der Waals surface area contributed by atoms with Crippen LogP contribution in [0.3, 0.4) is 0 Å². The minimum Gasteiger partial charge on any atom is -0.495 e. The molecule has 0 saturated carbocycles. The first-order valence-electron chi connectivity index (χ1n) is 10.3. The molecule has 0 atom stereocenters. The van der Waals surface area contributed by atoms with Crippen molar-refractivity contribution in [3.05, 3.63) is 53.4 Å². The van der Waals surface area contributed by atoms with Gasteiger partial charge in [0.1, 0.15) is 16.4 Å². The van der Waals surface area contributed by atoms with E-state index in [9.17, 15) is 8.42 Å². The number of hydrogen-bond donors (Lipinski definition) is 1. The van der Waals surface area contributed by atoms with Crippen molar-refractivity contribution in [2.45, 2.75) is 44.0 Å². The Labute approximate surface area is 181 Å². The maximum absolute atomic E-state index is 13.0. The molecular weight excluding hydrogens is 418 g/mol. The molecule has 31 heavy (non-hydrogen) atoms. The molecule has 0 amide bonds. The predicted octanol–water partition coefficient (Wildman–Crippen LogP) is 3.50. The lowest BCUT2D eigenvalue weighted by atomic mass is 9.92. The Morgan fingerprint density at radius 2 is 1.81 bits per heavy atom. The highest BCUT2D eigenvalue weighted by Crippen LogP contribution is 2.32. The molecule has 1 aliphatic carbocycles. The van der Waals surface area contributed by atoms with E-state index in [2.05, 4.69) is 14.9 Å². The first-order chi connectivity index (χ1) is 15.0. The summed E-state index contributed by atoms with van der Waals surface area (Å²) in [5.41, 5.74) is 2.96. The van der Waals surface area contributed by atoms with Gasteiger partial charge in [-0.3, -0.25) is 0 Å². The molecule has 0 radical (unpaired) electrons. The monoisotopic (exact) mass is 443 g/mol. The van der Waals surface area contributed by atoms with Crippen molar-refractivity contribution in [2.24, 2.45) is 0 Å². The number of benzene rings is 2. The number of nitrogens with zero attached hydrogens (tertiary/aromatic N) is 2. The summed E-state index contributed by atoms with van der Waals surface area (Å²) < 4.78 is 44.4. The van der Waals surface area contributed by atoms with E-state index >= 15 is 0 Å². The van der Waals surface area contributed by atoms with Gasteiger partial charge in [0.25, 0.3) is 0 Å². The number of hydrogen-bond acceptors (Lipinski definition) is 7. The zero-order valence-corrected chi connectivity index (χ0v) is 18.4. The summed E-state index contributed by atoms with van der Waals surface area (Å²) in [7, 11) is -2.34. The summed E-state index contributed by atoms with van der Waals surface area (Å²) in [6.07, 6.45) is 3.98. The quantitative estimate of drug-likeness (QED) is 0.568. The van der Waals surface area contributed by atoms with Crippen LogP contribution in [0, 0.1) is 0 Å². The van der Waals surface area contributed by atoms with Gasteiger partial charge in [0, 0.05) is 5.56 Å². The van der Waals surface area contributed by atoms with Gasteiger partial charge in [0.2, 0.25) is 21.7 Å². The third-order valence-corrected chi connectivity index (χ3v) is 6.65. The maximum Gasteiger partial charge on any atom is 0.244 e. The number of sulfonamides is 1. The van der Waals surface area contributed by atoms with E-state index < -0.39 is 10.0 Å². The molecule has 0 unspecified atom stereocenters. The summed E-state index contributed by atoms with van der Waals surface area (Å²) in [4.78, 5) is 4.42. The highest BCUT2D eigenvalue weighted by Gasteiger charge is 2.24. The number of ether oxygens (including phenoxy) is 2. The third kappa shape index (κ3) is 4.72. The molecule has 164 valence electrons. The molecule has 8 nitrogen and oxygen atoms in total. The van der Waals surface area contributed by atoms with Gasteiger partial charge < -0.3 is 14.0 Å². The van der Waals surface area contributed by atoms with Gasteiger partial charge in [0.15, 0.2) is 0 Å². The van der Waals surface area contributed by atoms with Crippen molar-refractivity contribution in [3.63, 3.8) is 0 Å². The second-order valence-corrected chi connectivity index (χ2v) is 9.01. The summed E-state index contributed by atoms with van der Waals surface area (Å²) in [6.45, 7) is 2.38. The first kappa shape index (κ1) is 21.3. The molecule has 0 spiro atoms. The normalized spacial score (nSPS) is 13.6. The van der Waals surface area contributed by atoms with Crippen LogP contribution in [0.2, 0.25) is 0 Å². The van der Waals surface area contributed by atoms with Crippen LogP contribution in [-0.4, -0.2) is 32.3 Å². The lowest BCUT2D eigenvalue weighted by Crippen LogP contribution is -2.24. The van der Waals surface area contributed by atoms with Crippen molar-refractivity contribution >= 4 is 10.0 Å². The topological polar surface area (TPSA) is 104 Å². The van der Waals surface area contributed by atoms with Crippen molar-refractivity contribution in [1.29, 1.82) is 0 Å². The van der Waals surface area contributed by atoms with Crippen molar-refractivity contribution in [2.75, 3.05) is 13.7 Å². The van der Waals surface area contributed by atoms with Crippen LogP contribution in [0.4, 0.5) is 0 Å². The zero-order chi connectivity index (χ0) is 21.8. The number of fused-ring (bicyclic) bond motifs is 1. The highest BCUT2D eigenvalue weighted by atomic mass is 32.2. The fraction of sp³-hybridized carbons (Fsp3) is 0.364. The minimum absolute atomic E-state index is 0.118. The Bertz CT molecular complexity index is 1160. The molecule has 9 heteroatoms. The van der Waals surface area contributed by atoms with Gasteiger partial charge in [-0.25, -0.2) is 13.1 Å². The van der Waals surface area contributed by atoms with E-state index in [-0.39, 0.29) is 17.3 Å². The lowest BCUT2D eigenvalue weighted by Gasteiger charge is -2.19. The molecule has 0 fully saturated rings. The number of nitrogens with one attached hydrogen (secondary N) is 1. The highest BCUT2D eigenvalue weighted by molar-refractivity contribution is 7.89. The molecule has 4 rings (SSSR count). The van der Waals surface area contributed by atoms with Gasteiger partial charge in [-0.2, -0.15) is 4.98 Å². The SMILES string of the molecule is CCOc1ccc(-c2noc(CNS(=O)(=O)c3cc4c(cc3OC)CCCC4)n2)cc1. The van der Waals surface area contributed by atoms with E-state index in [1.54, 1.807) is 6.07 Å². The van der Waals surface area contributed by atoms with Crippen LogP contribution < -0.4 is 14.2 Å². The van der Waals surface area contributed by atoms with Crippen LogP contribution in [0.1, 0.15) is 36.8 Å². The van der Waals surface area contributed by atoms with E-state index in [0.717, 1.165) is 48.1 Å². The Morgan fingerprint density at radius 3 is 2.48 bits per heavy atom. The first-order valence-corrected chi connectivity index (χ1v) is 11.7. The molecular formula is C22H25N3O5S. The average molecular weight is 444 g/mol. The van der Waals surface area contributed by atoms with Gasteiger partial charge in [-0.15, -0.1) is 0 Å². The molecule has 0 saturated heterocycles. The number of aryl methyl sites for hydroxylation is 2.